The summed E-state index contributed by atoms with van der Waals surface area (Å²) in [7, 11) is 1.34. The number of nitrogens with two attached hydrogens (primary N) is 1. The third-order valence-corrected chi connectivity index (χ3v) is 3.56. The van der Waals surface area contributed by atoms with Crippen molar-refractivity contribution in [2.45, 2.75) is 11.8 Å². The number of carbonyl (C=O) groups excluding carboxylic acids is 1. The lowest BCUT2D eigenvalue weighted by atomic mass is 10.4. The van der Waals surface area contributed by atoms with E-state index in [-0.39, 0.29) is 5.97 Å². The zero-order valence-corrected chi connectivity index (χ0v) is 10.9. The quantitative estimate of drug-likeness (QED) is 0.819. The first-order valence-corrected chi connectivity index (χ1v) is 6.70. The van der Waals surface area contributed by atoms with Crippen molar-refractivity contribution in [3.8, 4) is 0 Å². The molecular weight excluding hydrogens is 250 g/mol. The first-order chi connectivity index (χ1) is 8.70. The molecular formula is C12H15N3O2S. The topological polar surface area (TPSA) is 69.6 Å². The zero-order chi connectivity index (χ0) is 13.0. The molecule has 0 aliphatic rings. The second-order valence-electron chi connectivity index (χ2n) is 3.84. The highest BCUT2D eigenvalue weighted by Gasteiger charge is 2.13. The highest BCUT2D eigenvalue weighted by Crippen LogP contribution is 2.13. The number of fused-ring (bicyclic) bond motifs is 1. The average molecular weight is 265 g/mol. The van der Waals surface area contributed by atoms with Gasteiger partial charge in [0.15, 0.2) is 0 Å². The molecule has 2 aromatic rings. The number of nitrogens with zero attached hydrogens (tertiary/aromatic N) is 2. The van der Waals surface area contributed by atoms with Gasteiger partial charge in [-0.2, -0.15) is 11.8 Å². The lowest BCUT2D eigenvalue weighted by Crippen LogP contribution is -2.33. The molecule has 0 saturated heterocycles. The molecule has 2 aromatic heterocycles. The van der Waals surface area contributed by atoms with E-state index in [1.54, 1.807) is 11.8 Å². The number of hydrogen-bond acceptors (Lipinski definition) is 5. The molecule has 2 heterocycles. The van der Waals surface area contributed by atoms with Gasteiger partial charge in [0.1, 0.15) is 11.7 Å². The standard InChI is InChI=1S/C12H15N3O2S/c1-17-12(16)10(13)8-18-7-9-6-15-5-3-2-4-11(15)14-9/h2-6,10H,7-8,13H2,1H3. The second-order valence-corrected chi connectivity index (χ2v) is 4.87. The van der Waals surface area contributed by atoms with Gasteiger partial charge in [0, 0.05) is 23.9 Å². The smallest absolute Gasteiger partial charge is 0.323 e. The van der Waals surface area contributed by atoms with E-state index in [2.05, 4.69) is 9.72 Å². The lowest BCUT2D eigenvalue weighted by molar-refractivity contribution is -0.141. The predicted octanol–water partition coefficient (Wildman–Crippen LogP) is 1.07. The number of pyridine rings is 1. The Morgan fingerprint density at radius 1 is 1.61 bits per heavy atom. The first-order valence-electron chi connectivity index (χ1n) is 5.54. The Bertz CT molecular complexity index is 508. The summed E-state index contributed by atoms with van der Waals surface area (Å²) in [5.74, 6) is 0.880. The highest BCUT2D eigenvalue weighted by atomic mass is 32.2. The number of thioether (sulfide) groups is 1. The molecule has 0 bridgehead atoms. The van der Waals surface area contributed by atoms with Gasteiger partial charge in [-0.25, -0.2) is 4.98 Å². The SMILES string of the molecule is COC(=O)C(N)CSCc1cn2ccccc2n1. The van der Waals surface area contributed by atoms with Gasteiger partial charge < -0.3 is 14.9 Å². The van der Waals surface area contributed by atoms with Crippen LogP contribution in [0.1, 0.15) is 5.69 Å². The van der Waals surface area contributed by atoms with Gasteiger partial charge in [-0.15, -0.1) is 0 Å². The largest absolute Gasteiger partial charge is 0.468 e. The van der Waals surface area contributed by atoms with E-state index < -0.39 is 6.04 Å². The first kappa shape index (κ1) is 12.9. The van der Waals surface area contributed by atoms with E-state index in [0.29, 0.717) is 5.75 Å². The van der Waals surface area contributed by atoms with E-state index in [9.17, 15) is 4.79 Å². The lowest BCUT2D eigenvalue weighted by Gasteiger charge is -2.07. The Balaban J connectivity index is 1.88. The maximum atomic E-state index is 11.1. The third kappa shape index (κ3) is 3.02. The molecule has 0 aliphatic carbocycles. The van der Waals surface area contributed by atoms with Crippen molar-refractivity contribution in [3.63, 3.8) is 0 Å². The minimum Gasteiger partial charge on any atom is -0.468 e. The number of aromatic nitrogens is 2. The molecule has 1 unspecified atom stereocenters. The van der Waals surface area contributed by atoms with Gasteiger partial charge in [-0.05, 0) is 12.1 Å². The van der Waals surface area contributed by atoms with Crippen LogP contribution in [0.15, 0.2) is 30.6 Å². The normalized spacial score (nSPS) is 12.6. The Hall–Kier alpha value is -1.53. The molecule has 0 amide bonds. The summed E-state index contributed by atoms with van der Waals surface area (Å²) in [6.07, 6.45) is 3.93. The molecule has 0 aliphatic heterocycles. The number of ether oxygens (including phenoxy) is 1. The number of methoxy groups -OCH3 is 1. The summed E-state index contributed by atoms with van der Waals surface area (Å²) in [6.45, 7) is 0. The minimum atomic E-state index is -0.572. The third-order valence-electron chi connectivity index (χ3n) is 2.47. The molecule has 5 nitrogen and oxygen atoms in total. The van der Waals surface area contributed by atoms with Gasteiger partial charge >= 0.3 is 5.97 Å². The molecule has 2 N–H and O–H groups in total. The van der Waals surface area contributed by atoms with Gasteiger partial charge in [-0.1, -0.05) is 6.07 Å². The van der Waals surface area contributed by atoms with Crippen LogP contribution in [-0.4, -0.2) is 34.3 Å². The zero-order valence-electron chi connectivity index (χ0n) is 10.1. The maximum absolute atomic E-state index is 11.1. The fourth-order valence-electron chi connectivity index (χ4n) is 1.57. The molecule has 0 saturated carbocycles. The Morgan fingerprint density at radius 2 is 2.44 bits per heavy atom. The van der Waals surface area contributed by atoms with E-state index in [1.807, 2.05) is 35.0 Å². The van der Waals surface area contributed by atoms with Gasteiger partial charge in [0.2, 0.25) is 0 Å². The second kappa shape index (κ2) is 5.88. The molecule has 0 radical (unpaired) electrons. The van der Waals surface area contributed by atoms with Crippen LogP contribution in [0.3, 0.4) is 0 Å². The van der Waals surface area contributed by atoms with E-state index in [4.69, 9.17) is 5.73 Å². The summed E-state index contributed by atoms with van der Waals surface area (Å²) in [5.41, 5.74) is 7.54. The van der Waals surface area contributed by atoms with Crippen molar-refractivity contribution in [3.05, 3.63) is 36.3 Å². The number of rotatable bonds is 5. The van der Waals surface area contributed by atoms with E-state index in [1.165, 1.54) is 7.11 Å². The average Bonchev–Trinajstić information content (AvgIpc) is 2.80. The summed E-state index contributed by atoms with van der Waals surface area (Å²) >= 11 is 1.57. The van der Waals surface area contributed by atoms with Crippen molar-refractivity contribution in [1.29, 1.82) is 0 Å². The number of esters is 1. The van der Waals surface area contributed by atoms with Gasteiger partial charge in [-0.3, -0.25) is 4.79 Å². The summed E-state index contributed by atoms with van der Waals surface area (Å²) in [4.78, 5) is 15.6. The van der Waals surface area contributed by atoms with Crippen LogP contribution in [0, 0.1) is 0 Å². The molecule has 0 aromatic carbocycles. The summed E-state index contributed by atoms with van der Waals surface area (Å²) in [6, 6.07) is 5.29. The van der Waals surface area contributed by atoms with Crippen LogP contribution in [0.4, 0.5) is 0 Å². The molecule has 1 atom stereocenters. The van der Waals surface area contributed by atoms with Crippen molar-refractivity contribution < 1.29 is 9.53 Å². The van der Waals surface area contributed by atoms with Crippen LogP contribution in [0.2, 0.25) is 0 Å². The Labute approximate surface area is 109 Å². The van der Waals surface area contributed by atoms with Crippen LogP contribution in [-0.2, 0) is 15.3 Å². The molecule has 18 heavy (non-hydrogen) atoms. The van der Waals surface area contributed by atoms with Crippen LogP contribution in [0.5, 0.6) is 0 Å². The number of carbonyl (C=O) groups is 1. The Morgan fingerprint density at radius 3 is 3.17 bits per heavy atom. The van der Waals surface area contributed by atoms with Crippen molar-refractivity contribution >= 4 is 23.4 Å². The van der Waals surface area contributed by atoms with Gasteiger partial charge in [0.25, 0.3) is 0 Å². The van der Waals surface area contributed by atoms with Crippen molar-refractivity contribution in [2.24, 2.45) is 5.73 Å². The van der Waals surface area contributed by atoms with E-state index in [0.717, 1.165) is 17.1 Å². The fraction of sp³-hybridized carbons (Fsp3) is 0.333. The molecule has 0 spiro atoms. The Kier molecular flexibility index (Phi) is 4.22. The van der Waals surface area contributed by atoms with Gasteiger partial charge in [0.05, 0.1) is 12.8 Å². The van der Waals surface area contributed by atoms with Crippen LogP contribution < -0.4 is 5.73 Å². The maximum Gasteiger partial charge on any atom is 0.323 e. The molecule has 96 valence electrons. The summed E-state index contributed by atoms with van der Waals surface area (Å²) < 4.78 is 6.53. The monoisotopic (exact) mass is 265 g/mol. The minimum absolute atomic E-state index is 0.377. The van der Waals surface area contributed by atoms with Crippen LogP contribution >= 0.6 is 11.8 Å². The molecule has 2 rings (SSSR count). The van der Waals surface area contributed by atoms with E-state index >= 15 is 0 Å². The van der Waals surface area contributed by atoms with Crippen molar-refractivity contribution in [1.82, 2.24) is 9.38 Å². The van der Waals surface area contributed by atoms with Crippen LogP contribution in [0.25, 0.3) is 5.65 Å². The summed E-state index contributed by atoms with van der Waals surface area (Å²) in [5, 5.41) is 0. The number of hydrogen-bond donors (Lipinski definition) is 1. The molecule has 6 heteroatoms. The molecule has 0 fully saturated rings. The highest BCUT2D eigenvalue weighted by molar-refractivity contribution is 7.98. The fourth-order valence-corrected chi connectivity index (χ4v) is 2.42. The van der Waals surface area contributed by atoms with Crippen molar-refractivity contribution in [2.75, 3.05) is 12.9 Å². The number of imidazole rings is 1. The predicted molar refractivity (Wildman–Crippen MR) is 71.3 cm³/mol.